The van der Waals surface area contributed by atoms with Crippen LogP contribution >= 0.6 is 11.3 Å². The Balaban J connectivity index is 1.80. The van der Waals surface area contributed by atoms with Crippen molar-refractivity contribution in [3.8, 4) is 0 Å². The number of aromatic nitrogens is 4. The molecule has 0 bridgehead atoms. The SMILES string of the molecule is Cc1cccc2sc(N(Cc3cccnc3)C(=O)c3ccnn3C(C)C)nc12. The molecule has 3 aromatic heterocycles. The van der Waals surface area contributed by atoms with E-state index in [1.807, 2.05) is 51.1 Å². The van der Waals surface area contributed by atoms with Gasteiger partial charge in [0, 0.05) is 24.6 Å². The average molecular weight is 392 g/mol. The number of hydrogen-bond acceptors (Lipinski definition) is 5. The van der Waals surface area contributed by atoms with Gasteiger partial charge in [-0.3, -0.25) is 19.4 Å². The maximum absolute atomic E-state index is 13.5. The van der Waals surface area contributed by atoms with Crippen molar-refractivity contribution in [1.82, 2.24) is 19.7 Å². The molecule has 0 spiro atoms. The molecule has 7 heteroatoms. The van der Waals surface area contributed by atoms with Crippen molar-refractivity contribution >= 4 is 32.6 Å². The number of carbonyl (C=O) groups excluding carboxylic acids is 1. The van der Waals surface area contributed by atoms with Gasteiger partial charge in [0.25, 0.3) is 5.91 Å². The van der Waals surface area contributed by atoms with E-state index in [-0.39, 0.29) is 11.9 Å². The summed E-state index contributed by atoms with van der Waals surface area (Å²) in [5.41, 5.74) is 3.53. The summed E-state index contributed by atoms with van der Waals surface area (Å²) in [4.78, 5) is 24.2. The van der Waals surface area contributed by atoms with E-state index in [4.69, 9.17) is 4.98 Å². The molecule has 1 aromatic carbocycles. The van der Waals surface area contributed by atoms with E-state index < -0.39 is 0 Å². The molecular formula is C21H21N5OS. The molecule has 0 radical (unpaired) electrons. The second-order valence-corrected chi connectivity index (χ2v) is 7.93. The molecule has 0 aliphatic rings. The van der Waals surface area contributed by atoms with Crippen LogP contribution in [0.1, 0.15) is 41.5 Å². The van der Waals surface area contributed by atoms with Gasteiger partial charge in [-0.1, -0.05) is 29.5 Å². The second-order valence-electron chi connectivity index (χ2n) is 6.93. The van der Waals surface area contributed by atoms with Crippen molar-refractivity contribution in [3.05, 3.63) is 71.8 Å². The van der Waals surface area contributed by atoms with E-state index in [1.54, 1.807) is 34.2 Å². The lowest BCUT2D eigenvalue weighted by atomic mass is 10.2. The molecule has 3 heterocycles. The number of hydrogen-bond donors (Lipinski definition) is 0. The summed E-state index contributed by atoms with van der Waals surface area (Å²) >= 11 is 1.52. The highest BCUT2D eigenvalue weighted by Crippen LogP contribution is 2.32. The summed E-state index contributed by atoms with van der Waals surface area (Å²) in [6.07, 6.45) is 5.17. The number of rotatable bonds is 5. The minimum Gasteiger partial charge on any atom is -0.278 e. The molecule has 0 aliphatic heterocycles. The van der Waals surface area contributed by atoms with Crippen LogP contribution in [-0.2, 0) is 6.54 Å². The molecule has 0 saturated carbocycles. The van der Waals surface area contributed by atoms with Crippen molar-refractivity contribution in [1.29, 1.82) is 0 Å². The van der Waals surface area contributed by atoms with Gasteiger partial charge in [0.1, 0.15) is 5.69 Å². The maximum Gasteiger partial charge on any atom is 0.278 e. The van der Waals surface area contributed by atoms with E-state index in [0.29, 0.717) is 17.4 Å². The zero-order valence-corrected chi connectivity index (χ0v) is 16.8. The van der Waals surface area contributed by atoms with Crippen LogP contribution in [0.15, 0.2) is 55.0 Å². The van der Waals surface area contributed by atoms with Gasteiger partial charge >= 0.3 is 0 Å². The molecule has 1 amide bonds. The number of aryl methyl sites for hydroxylation is 1. The Kier molecular flexibility index (Phi) is 4.92. The third kappa shape index (κ3) is 3.41. The summed E-state index contributed by atoms with van der Waals surface area (Å²) in [5.74, 6) is -0.119. The first kappa shape index (κ1) is 18.3. The van der Waals surface area contributed by atoms with Crippen LogP contribution in [-0.4, -0.2) is 25.7 Å². The maximum atomic E-state index is 13.5. The van der Waals surface area contributed by atoms with Gasteiger partial charge < -0.3 is 0 Å². The number of pyridine rings is 1. The van der Waals surface area contributed by atoms with E-state index in [0.717, 1.165) is 21.3 Å². The van der Waals surface area contributed by atoms with Crippen molar-refractivity contribution < 1.29 is 4.79 Å². The summed E-state index contributed by atoms with van der Waals surface area (Å²) < 4.78 is 2.81. The highest BCUT2D eigenvalue weighted by Gasteiger charge is 2.25. The standard InChI is InChI=1S/C21H21N5OS/c1-14(2)26-17(9-11-23-26)20(27)25(13-16-7-5-10-22-12-16)21-24-19-15(3)6-4-8-18(19)28-21/h4-12,14H,13H2,1-3H3. The number of amides is 1. The van der Waals surface area contributed by atoms with E-state index in [1.165, 1.54) is 11.3 Å². The number of benzene rings is 1. The van der Waals surface area contributed by atoms with Gasteiger partial charge in [0.2, 0.25) is 0 Å². The summed E-state index contributed by atoms with van der Waals surface area (Å²) in [6.45, 7) is 6.45. The molecule has 4 rings (SSSR count). The lowest BCUT2D eigenvalue weighted by Crippen LogP contribution is -2.32. The summed E-state index contributed by atoms with van der Waals surface area (Å²) in [6, 6.07) is 11.8. The van der Waals surface area contributed by atoms with Gasteiger partial charge in [0.15, 0.2) is 5.13 Å². The minimum atomic E-state index is -0.119. The van der Waals surface area contributed by atoms with Crippen molar-refractivity contribution in [2.24, 2.45) is 0 Å². The lowest BCUT2D eigenvalue weighted by Gasteiger charge is -2.21. The predicted molar refractivity (Wildman–Crippen MR) is 112 cm³/mol. The fourth-order valence-corrected chi connectivity index (χ4v) is 4.17. The normalized spacial score (nSPS) is 11.3. The van der Waals surface area contributed by atoms with Crippen molar-refractivity contribution in [2.75, 3.05) is 4.90 Å². The second kappa shape index (κ2) is 7.52. The van der Waals surface area contributed by atoms with Crippen LogP contribution in [0, 0.1) is 6.92 Å². The first-order chi connectivity index (χ1) is 13.5. The monoisotopic (exact) mass is 391 g/mol. The number of nitrogens with zero attached hydrogens (tertiary/aromatic N) is 5. The van der Waals surface area contributed by atoms with E-state index in [2.05, 4.69) is 10.1 Å². The van der Waals surface area contributed by atoms with E-state index in [9.17, 15) is 4.79 Å². The zero-order chi connectivity index (χ0) is 19.7. The Bertz CT molecular complexity index is 1120. The Morgan fingerprint density at radius 1 is 1.18 bits per heavy atom. The van der Waals surface area contributed by atoms with Crippen molar-refractivity contribution in [2.45, 2.75) is 33.4 Å². The highest BCUT2D eigenvalue weighted by atomic mass is 32.1. The number of carbonyl (C=O) groups is 1. The third-order valence-electron chi connectivity index (χ3n) is 4.53. The fourth-order valence-electron chi connectivity index (χ4n) is 3.12. The van der Waals surface area contributed by atoms with Crippen molar-refractivity contribution in [3.63, 3.8) is 0 Å². The molecule has 28 heavy (non-hydrogen) atoms. The van der Waals surface area contributed by atoms with Gasteiger partial charge in [0.05, 0.1) is 16.8 Å². The molecule has 4 aromatic rings. The highest BCUT2D eigenvalue weighted by molar-refractivity contribution is 7.22. The fraction of sp³-hybridized carbons (Fsp3) is 0.238. The lowest BCUT2D eigenvalue weighted by molar-refractivity contribution is 0.0973. The van der Waals surface area contributed by atoms with Gasteiger partial charge in [-0.05, 0) is 50.1 Å². The van der Waals surface area contributed by atoms with Crippen LogP contribution in [0.4, 0.5) is 5.13 Å². The quantitative estimate of drug-likeness (QED) is 0.498. The average Bonchev–Trinajstić information content (AvgIpc) is 3.34. The largest absolute Gasteiger partial charge is 0.278 e. The smallest absolute Gasteiger partial charge is 0.278 e. The number of fused-ring (bicyclic) bond motifs is 1. The molecule has 0 saturated heterocycles. The van der Waals surface area contributed by atoms with Crippen LogP contribution in [0.25, 0.3) is 10.2 Å². The van der Waals surface area contributed by atoms with Gasteiger partial charge in [-0.15, -0.1) is 0 Å². The van der Waals surface area contributed by atoms with Gasteiger partial charge in [-0.2, -0.15) is 5.10 Å². The molecule has 0 unspecified atom stereocenters. The van der Waals surface area contributed by atoms with Crippen LogP contribution < -0.4 is 4.90 Å². The first-order valence-corrected chi connectivity index (χ1v) is 9.96. The number of para-hydroxylation sites is 1. The zero-order valence-electron chi connectivity index (χ0n) is 16.0. The first-order valence-electron chi connectivity index (χ1n) is 9.15. The summed E-state index contributed by atoms with van der Waals surface area (Å²) in [7, 11) is 0. The Morgan fingerprint density at radius 3 is 2.75 bits per heavy atom. The Morgan fingerprint density at radius 2 is 2.04 bits per heavy atom. The predicted octanol–water partition coefficient (Wildman–Crippen LogP) is 4.62. The molecule has 0 N–H and O–H groups in total. The summed E-state index contributed by atoms with van der Waals surface area (Å²) in [5, 5.41) is 4.99. The molecule has 142 valence electrons. The minimum absolute atomic E-state index is 0.0896. The third-order valence-corrected chi connectivity index (χ3v) is 5.57. The van der Waals surface area contributed by atoms with Crippen LogP contribution in [0.5, 0.6) is 0 Å². The van der Waals surface area contributed by atoms with E-state index >= 15 is 0 Å². The topological polar surface area (TPSA) is 63.9 Å². The molecule has 0 aliphatic carbocycles. The Labute approximate surface area is 167 Å². The van der Waals surface area contributed by atoms with Crippen LogP contribution in [0.3, 0.4) is 0 Å². The number of thiazole rings is 1. The van der Waals surface area contributed by atoms with Gasteiger partial charge in [-0.25, -0.2) is 4.98 Å². The Hall–Kier alpha value is -3.06. The molecule has 0 fully saturated rings. The molecule has 6 nitrogen and oxygen atoms in total. The molecule has 0 atom stereocenters. The number of anilines is 1. The molecular weight excluding hydrogens is 370 g/mol. The van der Waals surface area contributed by atoms with Crippen LogP contribution in [0.2, 0.25) is 0 Å².